The Morgan fingerprint density at radius 1 is 0.675 bits per heavy atom. The van der Waals surface area contributed by atoms with Gasteiger partial charge in [0, 0.05) is 22.0 Å². The Morgan fingerprint density at radius 3 is 1.98 bits per heavy atom. The second-order valence-electron chi connectivity index (χ2n) is 9.17. The Balaban J connectivity index is 1.51. The summed E-state index contributed by atoms with van der Waals surface area (Å²) in [6.07, 6.45) is 0. The molecule has 208 valence electrons. The number of anilines is 3. The molecule has 0 atom stereocenters. The van der Waals surface area contributed by atoms with Gasteiger partial charge in [0.1, 0.15) is 4.90 Å². The van der Waals surface area contributed by atoms with Crippen molar-refractivity contribution in [3.05, 3.63) is 111 Å². The fourth-order valence-electron chi connectivity index (χ4n) is 3.92. The van der Waals surface area contributed by atoms with E-state index in [4.69, 9.17) is 23.2 Å². The van der Waals surface area contributed by atoms with Crippen molar-refractivity contribution in [2.24, 2.45) is 0 Å². The summed E-state index contributed by atoms with van der Waals surface area (Å²) in [7, 11) is -8.02. The molecule has 8 nitrogen and oxygen atoms in total. The van der Waals surface area contributed by atoms with Crippen LogP contribution in [0, 0.1) is 20.8 Å². The molecule has 4 aromatic rings. The van der Waals surface area contributed by atoms with Gasteiger partial charge in [0.25, 0.3) is 26.0 Å². The second-order valence-corrected chi connectivity index (χ2v) is 13.3. The lowest BCUT2D eigenvalue weighted by molar-refractivity contribution is 0.102. The summed E-state index contributed by atoms with van der Waals surface area (Å²) >= 11 is 12.2. The van der Waals surface area contributed by atoms with Crippen LogP contribution in [0.5, 0.6) is 0 Å². The molecule has 0 heterocycles. The van der Waals surface area contributed by atoms with E-state index < -0.39 is 26.0 Å². The molecule has 40 heavy (non-hydrogen) atoms. The van der Waals surface area contributed by atoms with Crippen molar-refractivity contribution in [2.45, 2.75) is 30.6 Å². The molecule has 0 spiro atoms. The van der Waals surface area contributed by atoms with Crippen molar-refractivity contribution in [3.63, 3.8) is 0 Å². The zero-order valence-electron chi connectivity index (χ0n) is 21.6. The summed E-state index contributed by atoms with van der Waals surface area (Å²) in [4.78, 5) is 12.6. The largest absolute Gasteiger partial charge is 0.322 e. The van der Waals surface area contributed by atoms with Crippen LogP contribution in [0.25, 0.3) is 0 Å². The third-order valence-corrected chi connectivity index (χ3v) is 9.30. The molecule has 0 fully saturated rings. The van der Waals surface area contributed by atoms with Crippen LogP contribution in [-0.2, 0) is 20.0 Å². The Hall–Kier alpha value is -3.57. The van der Waals surface area contributed by atoms with E-state index in [1.165, 1.54) is 48.5 Å². The minimum atomic E-state index is -4.10. The fourth-order valence-corrected chi connectivity index (χ4v) is 6.78. The molecule has 1 amide bonds. The first-order chi connectivity index (χ1) is 18.7. The molecular formula is C28H25Cl2N3O5S2. The molecular weight excluding hydrogens is 593 g/mol. The van der Waals surface area contributed by atoms with E-state index in [0.717, 1.165) is 11.1 Å². The van der Waals surface area contributed by atoms with E-state index in [0.29, 0.717) is 27.6 Å². The summed E-state index contributed by atoms with van der Waals surface area (Å²) in [5, 5.41) is 2.97. The number of benzene rings is 4. The lowest BCUT2D eigenvalue weighted by Crippen LogP contribution is -2.17. The van der Waals surface area contributed by atoms with Gasteiger partial charge in [-0.25, -0.2) is 16.8 Å². The van der Waals surface area contributed by atoms with Crippen LogP contribution in [0.3, 0.4) is 0 Å². The van der Waals surface area contributed by atoms with Crippen LogP contribution < -0.4 is 14.8 Å². The number of carbonyl (C=O) groups excluding carboxylic acids is 1. The Bertz CT molecular complexity index is 1810. The van der Waals surface area contributed by atoms with E-state index in [9.17, 15) is 21.6 Å². The van der Waals surface area contributed by atoms with Gasteiger partial charge in [-0.2, -0.15) is 0 Å². The van der Waals surface area contributed by atoms with Gasteiger partial charge in [-0.05, 0) is 104 Å². The Kier molecular flexibility index (Phi) is 8.46. The van der Waals surface area contributed by atoms with Gasteiger partial charge in [-0.1, -0.05) is 35.3 Å². The summed E-state index contributed by atoms with van der Waals surface area (Å²) in [6.45, 7) is 5.45. The predicted octanol–water partition coefficient (Wildman–Crippen LogP) is 6.77. The maximum absolute atomic E-state index is 13.1. The molecule has 0 aliphatic carbocycles. The molecule has 0 radical (unpaired) electrons. The van der Waals surface area contributed by atoms with E-state index in [1.807, 2.05) is 19.9 Å². The van der Waals surface area contributed by atoms with Crippen LogP contribution >= 0.6 is 23.2 Å². The quantitative estimate of drug-likeness (QED) is 0.201. The smallest absolute Gasteiger partial charge is 0.263 e. The number of halogens is 2. The van der Waals surface area contributed by atoms with Crippen molar-refractivity contribution in [1.82, 2.24) is 0 Å². The number of sulfonamides is 2. The van der Waals surface area contributed by atoms with Crippen molar-refractivity contribution in [3.8, 4) is 0 Å². The highest BCUT2D eigenvalue weighted by Crippen LogP contribution is 2.27. The van der Waals surface area contributed by atoms with Gasteiger partial charge < -0.3 is 5.32 Å². The van der Waals surface area contributed by atoms with E-state index in [-0.39, 0.29) is 20.4 Å². The molecule has 0 saturated heterocycles. The number of rotatable bonds is 8. The minimum absolute atomic E-state index is 0.0257. The summed E-state index contributed by atoms with van der Waals surface area (Å²) < 4.78 is 56.8. The molecule has 0 unspecified atom stereocenters. The average Bonchev–Trinajstić information content (AvgIpc) is 2.85. The monoisotopic (exact) mass is 617 g/mol. The van der Waals surface area contributed by atoms with Crippen LogP contribution in [0.2, 0.25) is 10.0 Å². The molecule has 0 aromatic heterocycles. The third kappa shape index (κ3) is 6.95. The summed E-state index contributed by atoms with van der Waals surface area (Å²) in [5.74, 6) is -0.609. The minimum Gasteiger partial charge on any atom is -0.322 e. The van der Waals surface area contributed by atoms with Crippen LogP contribution in [-0.4, -0.2) is 22.7 Å². The maximum atomic E-state index is 13.1. The first-order valence-corrected chi connectivity index (χ1v) is 15.6. The molecule has 0 aliphatic heterocycles. The number of nitrogens with one attached hydrogen (secondary N) is 3. The number of hydrogen-bond donors (Lipinski definition) is 3. The standard InChI is InChI=1S/C28H25Cl2N3O5S2/c1-17-12-18(2)14-23(13-17)32-40(37,38)27-15-20(5-11-25(27)30)28(34)31-22-7-9-24(10-8-22)39(35,36)33-26-16-21(29)6-4-19(26)3/h4-16,32-33H,1-3H3,(H,31,34). The van der Waals surface area contributed by atoms with Crippen molar-refractivity contribution in [1.29, 1.82) is 0 Å². The zero-order chi connectivity index (χ0) is 29.2. The number of amides is 1. The van der Waals surface area contributed by atoms with E-state index in [1.54, 1.807) is 31.2 Å². The van der Waals surface area contributed by atoms with Gasteiger partial charge >= 0.3 is 0 Å². The Labute approximate surface area is 243 Å². The second kappa shape index (κ2) is 11.5. The van der Waals surface area contributed by atoms with Crippen molar-refractivity contribution < 1.29 is 21.6 Å². The number of hydrogen-bond acceptors (Lipinski definition) is 5. The average molecular weight is 619 g/mol. The molecule has 12 heteroatoms. The molecule has 0 aliphatic rings. The van der Waals surface area contributed by atoms with Gasteiger partial charge in [0.15, 0.2) is 0 Å². The highest BCUT2D eigenvalue weighted by molar-refractivity contribution is 7.93. The van der Waals surface area contributed by atoms with Crippen molar-refractivity contribution >= 4 is 66.2 Å². The number of carbonyl (C=O) groups is 1. The van der Waals surface area contributed by atoms with Gasteiger partial charge in [-0.15, -0.1) is 0 Å². The van der Waals surface area contributed by atoms with Gasteiger partial charge in [-0.3, -0.25) is 14.2 Å². The number of aryl methyl sites for hydroxylation is 3. The molecule has 4 aromatic carbocycles. The van der Waals surface area contributed by atoms with Crippen LogP contribution in [0.1, 0.15) is 27.0 Å². The maximum Gasteiger partial charge on any atom is 0.263 e. The molecule has 0 saturated carbocycles. The summed E-state index contributed by atoms with van der Waals surface area (Å²) in [6, 6.07) is 19.6. The molecule has 0 bridgehead atoms. The van der Waals surface area contributed by atoms with Crippen LogP contribution in [0.15, 0.2) is 88.7 Å². The predicted molar refractivity (Wildman–Crippen MR) is 160 cm³/mol. The Morgan fingerprint density at radius 2 is 1.32 bits per heavy atom. The fraction of sp³-hybridized carbons (Fsp3) is 0.107. The SMILES string of the molecule is Cc1cc(C)cc(NS(=O)(=O)c2cc(C(=O)Nc3ccc(S(=O)(=O)Nc4cc(Cl)ccc4C)cc3)ccc2Cl)c1. The highest BCUT2D eigenvalue weighted by atomic mass is 35.5. The van der Waals surface area contributed by atoms with E-state index in [2.05, 4.69) is 14.8 Å². The van der Waals surface area contributed by atoms with Gasteiger partial charge in [0.2, 0.25) is 0 Å². The summed E-state index contributed by atoms with van der Waals surface area (Å²) in [5.41, 5.74) is 3.53. The molecule has 4 rings (SSSR count). The first-order valence-electron chi connectivity index (χ1n) is 11.8. The topological polar surface area (TPSA) is 121 Å². The van der Waals surface area contributed by atoms with Crippen molar-refractivity contribution in [2.75, 3.05) is 14.8 Å². The lowest BCUT2D eigenvalue weighted by Gasteiger charge is -2.13. The van der Waals surface area contributed by atoms with Crippen LogP contribution in [0.4, 0.5) is 17.1 Å². The van der Waals surface area contributed by atoms with E-state index >= 15 is 0 Å². The van der Waals surface area contributed by atoms with Gasteiger partial charge in [0.05, 0.1) is 15.6 Å². The zero-order valence-corrected chi connectivity index (χ0v) is 24.8. The normalized spacial score (nSPS) is 11.6. The third-order valence-electron chi connectivity index (χ3n) is 5.82. The lowest BCUT2D eigenvalue weighted by atomic mass is 10.1. The first kappa shape index (κ1) is 29.4. The highest BCUT2D eigenvalue weighted by Gasteiger charge is 2.21. The molecule has 3 N–H and O–H groups in total.